The Hall–Kier alpha value is -2.66. The monoisotopic (exact) mass is 444 g/mol. The van der Waals surface area contributed by atoms with Gasteiger partial charge in [0.2, 0.25) is 0 Å². The first-order valence-electron chi connectivity index (χ1n) is 12.6. The Labute approximate surface area is 198 Å². The van der Waals surface area contributed by atoms with Gasteiger partial charge >= 0.3 is 0 Å². The standard InChI is InChI=1S/C28H36N4O/c1-2-17-32(25-7-4-3-5-8-25)27(33)23-11-12-26(29-22-23)31-20-15-28(16-21-31)13-18-30(19-14-28)24-9-6-10-24/h2-5,7-8,11-12,22,24H,1,6,9-10,13-21H2. The van der Waals surface area contributed by atoms with Gasteiger partial charge in [0.05, 0.1) is 5.56 Å². The summed E-state index contributed by atoms with van der Waals surface area (Å²) in [5.41, 5.74) is 2.02. The zero-order valence-corrected chi connectivity index (χ0v) is 19.7. The molecule has 1 aliphatic carbocycles. The lowest BCUT2D eigenvalue weighted by Gasteiger charge is -2.50. The lowest BCUT2D eigenvalue weighted by Crippen LogP contribution is -2.51. The van der Waals surface area contributed by atoms with E-state index >= 15 is 0 Å². The van der Waals surface area contributed by atoms with Crippen LogP contribution in [0.3, 0.4) is 0 Å². The van der Waals surface area contributed by atoms with Gasteiger partial charge in [-0.25, -0.2) is 4.98 Å². The number of hydrogen-bond acceptors (Lipinski definition) is 4. The molecule has 3 fully saturated rings. The van der Waals surface area contributed by atoms with Gasteiger partial charge in [-0.3, -0.25) is 4.79 Å². The molecule has 1 spiro atoms. The van der Waals surface area contributed by atoms with E-state index in [-0.39, 0.29) is 5.91 Å². The van der Waals surface area contributed by atoms with Crippen molar-refractivity contribution in [1.82, 2.24) is 9.88 Å². The maximum atomic E-state index is 13.1. The molecule has 2 saturated heterocycles. The second-order valence-corrected chi connectivity index (χ2v) is 10.1. The first-order valence-corrected chi connectivity index (χ1v) is 12.6. The van der Waals surface area contributed by atoms with Gasteiger partial charge in [-0.05, 0) is 81.3 Å². The smallest absolute Gasteiger partial charge is 0.260 e. The Balaban J connectivity index is 1.19. The number of hydrogen-bond donors (Lipinski definition) is 0. The Kier molecular flexibility index (Phi) is 6.50. The van der Waals surface area contributed by atoms with Crippen LogP contribution in [-0.4, -0.2) is 54.6 Å². The van der Waals surface area contributed by atoms with Gasteiger partial charge in [-0.1, -0.05) is 30.7 Å². The van der Waals surface area contributed by atoms with Gasteiger partial charge in [-0.15, -0.1) is 6.58 Å². The number of para-hydroxylation sites is 1. The van der Waals surface area contributed by atoms with E-state index in [1.165, 1.54) is 58.0 Å². The summed E-state index contributed by atoms with van der Waals surface area (Å²) in [6.45, 7) is 9.00. The van der Waals surface area contributed by atoms with Crippen LogP contribution in [0.2, 0.25) is 0 Å². The highest BCUT2D eigenvalue weighted by Gasteiger charge is 2.39. The third-order valence-electron chi connectivity index (χ3n) is 8.22. The van der Waals surface area contributed by atoms with E-state index in [2.05, 4.69) is 16.4 Å². The lowest BCUT2D eigenvalue weighted by molar-refractivity contribution is 0.0305. The maximum absolute atomic E-state index is 13.1. The second kappa shape index (κ2) is 9.68. The number of aromatic nitrogens is 1. The van der Waals surface area contributed by atoms with E-state index in [0.29, 0.717) is 17.5 Å². The number of carbonyl (C=O) groups is 1. The zero-order chi connectivity index (χ0) is 22.7. The highest BCUT2D eigenvalue weighted by Crippen LogP contribution is 2.43. The van der Waals surface area contributed by atoms with Crippen molar-refractivity contribution in [2.45, 2.75) is 51.0 Å². The number of benzene rings is 1. The van der Waals surface area contributed by atoms with Gasteiger partial charge < -0.3 is 14.7 Å². The predicted molar refractivity (Wildman–Crippen MR) is 135 cm³/mol. The highest BCUT2D eigenvalue weighted by molar-refractivity contribution is 6.06. The number of anilines is 2. The van der Waals surface area contributed by atoms with E-state index in [1.54, 1.807) is 17.2 Å². The normalized spacial score (nSPS) is 20.9. The zero-order valence-electron chi connectivity index (χ0n) is 19.7. The number of piperidine rings is 2. The van der Waals surface area contributed by atoms with Crippen molar-refractivity contribution >= 4 is 17.4 Å². The number of rotatable bonds is 6. The van der Waals surface area contributed by atoms with Crippen LogP contribution in [0.15, 0.2) is 61.3 Å². The summed E-state index contributed by atoms with van der Waals surface area (Å²) in [7, 11) is 0. The molecule has 1 saturated carbocycles. The van der Waals surface area contributed by atoms with Gasteiger partial charge in [-0.2, -0.15) is 0 Å². The molecular weight excluding hydrogens is 408 g/mol. The molecule has 174 valence electrons. The van der Waals surface area contributed by atoms with Crippen molar-refractivity contribution in [2.24, 2.45) is 5.41 Å². The Morgan fingerprint density at radius 1 is 1.03 bits per heavy atom. The number of likely N-dealkylation sites (tertiary alicyclic amines) is 1. The molecule has 5 nitrogen and oxygen atoms in total. The van der Waals surface area contributed by atoms with Crippen LogP contribution in [0, 0.1) is 5.41 Å². The number of pyridine rings is 1. The van der Waals surface area contributed by atoms with Crippen LogP contribution in [0.25, 0.3) is 0 Å². The first kappa shape index (κ1) is 22.1. The summed E-state index contributed by atoms with van der Waals surface area (Å²) in [6.07, 6.45) is 13.0. The van der Waals surface area contributed by atoms with Crippen LogP contribution >= 0.6 is 0 Å². The van der Waals surface area contributed by atoms with Gasteiger partial charge in [0, 0.05) is 37.6 Å². The molecule has 2 aromatic rings. The Bertz CT molecular complexity index is 936. The largest absolute Gasteiger partial charge is 0.357 e. The van der Waals surface area contributed by atoms with E-state index < -0.39 is 0 Å². The fourth-order valence-electron chi connectivity index (χ4n) is 5.72. The fourth-order valence-corrected chi connectivity index (χ4v) is 5.72. The average Bonchev–Trinajstić information content (AvgIpc) is 2.84. The summed E-state index contributed by atoms with van der Waals surface area (Å²) in [5.74, 6) is 0.944. The molecule has 0 unspecified atom stereocenters. The molecule has 0 radical (unpaired) electrons. The molecule has 33 heavy (non-hydrogen) atoms. The lowest BCUT2D eigenvalue weighted by atomic mass is 9.70. The highest BCUT2D eigenvalue weighted by atomic mass is 16.2. The predicted octanol–water partition coefficient (Wildman–Crippen LogP) is 5.15. The molecule has 3 heterocycles. The molecule has 0 atom stereocenters. The Morgan fingerprint density at radius 2 is 1.73 bits per heavy atom. The minimum absolute atomic E-state index is 0.0454. The van der Waals surface area contributed by atoms with E-state index in [4.69, 9.17) is 4.98 Å². The maximum Gasteiger partial charge on any atom is 0.260 e. The quantitative estimate of drug-likeness (QED) is 0.578. The number of amides is 1. The minimum atomic E-state index is -0.0454. The topological polar surface area (TPSA) is 39.7 Å². The molecule has 1 aromatic carbocycles. The van der Waals surface area contributed by atoms with Crippen LogP contribution in [0.4, 0.5) is 11.5 Å². The van der Waals surface area contributed by atoms with Crippen molar-refractivity contribution in [3.63, 3.8) is 0 Å². The van der Waals surface area contributed by atoms with Crippen LogP contribution < -0.4 is 9.80 Å². The molecule has 1 amide bonds. The molecule has 1 aromatic heterocycles. The molecule has 5 heteroatoms. The van der Waals surface area contributed by atoms with Crippen LogP contribution in [0.5, 0.6) is 0 Å². The van der Waals surface area contributed by atoms with Gasteiger partial charge in [0.1, 0.15) is 5.82 Å². The third-order valence-corrected chi connectivity index (χ3v) is 8.22. The molecule has 0 N–H and O–H groups in total. The average molecular weight is 445 g/mol. The molecular formula is C28H36N4O. The Morgan fingerprint density at radius 3 is 2.30 bits per heavy atom. The second-order valence-electron chi connectivity index (χ2n) is 10.1. The van der Waals surface area contributed by atoms with Gasteiger partial charge in [0.15, 0.2) is 0 Å². The molecule has 0 bridgehead atoms. The van der Waals surface area contributed by atoms with E-state index in [0.717, 1.165) is 30.6 Å². The molecule has 3 aliphatic rings. The van der Waals surface area contributed by atoms with Crippen molar-refractivity contribution in [3.8, 4) is 0 Å². The summed E-state index contributed by atoms with van der Waals surface area (Å²) in [6, 6.07) is 14.6. The van der Waals surface area contributed by atoms with Crippen LogP contribution in [-0.2, 0) is 0 Å². The third kappa shape index (κ3) is 4.70. The minimum Gasteiger partial charge on any atom is -0.357 e. The fraction of sp³-hybridized carbons (Fsp3) is 0.500. The molecule has 5 rings (SSSR count). The van der Waals surface area contributed by atoms with Crippen molar-refractivity contribution in [1.29, 1.82) is 0 Å². The van der Waals surface area contributed by atoms with Crippen molar-refractivity contribution < 1.29 is 4.79 Å². The van der Waals surface area contributed by atoms with Crippen molar-refractivity contribution in [3.05, 3.63) is 66.9 Å². The van der Waals surface area contributed by atoms with Crippen LogP contribution in [0.1, 0.15) is 55.3 Å². The summed E-state index contributed by atoms with van der Waals surface area (Å²) < 4.78 is 0. The number of nitrogens with zero attached hydrogens (tertiary/aromatic N) is 4. The summed E-state index contributed by atoms with van der Waals surface area (Å²) in [4.78, 5) is 24.7. The van der Waals surface area contributed by atoms with Gasteiger partial charge in [0.25, 0.3) is 5.91 Å². The van der Waals surface area contributed by atoms with E-state index in [1.807, 2.05) is 42.5 Å². The van der Waals surface area contributed by atoms with E-state index in [9.17, 15) is 4.79 Å². The summed E-state index contributed by atoms with van der Waals surface area (Å²) in [5, 5.41) is 0. The first-order chi connectivity index (χ1) is 16.2. The molecule has 2 aliphatic heterocycles. The summed E-state index contributed by atoms with van der Waals surface area (Å²) >= 11 is 0. The number of carbonyl (C=O) groups excluding carboxylic acids is 1. The SMILES string of the molecule is C=CCN(C(=O)c1ccc(N2CCC3(CC2)CCN(C2CCC2)CC3)nc1)c1ccccc1. The van der Waals surface area contributed by atoms with Crippen molar-refractivity contribution in [2.75, 3.05) is 42.5 Å².